The minimum Gasteiger partial charge on any atom is -0.461 e. The van der Waals surface area contributed by atoms with Crippen LogP contribution in [0.4, 0.5) is 14.6 Å². The van der Waals surface area contributed by atoms with Gasteiger partial charge in [-0.15, -0.1) is 10.2 Å². The van der Waals surface area contributed by atoms with Crippen molar-refractivity contribution in [1.29, 1.82) is 0 Å². The number of tetrazole rings is 1. The van der Waals surface area contributed by atoms with Gasteiger partial charge in [-0.25, -0.2) is 9.78 Å². The van der Waals surface area contributed by atoms with Gasteiger partial charge in [0.05, 0.1) is 6.61 Å². The molecule has 2 N–H and O–H groups in total. The fourth-order valence-electron chi connectivity index (χ4n) is 4.17. The zero-order chi connectivity index (χ0) is 27.1. The molecule has 0 fully saturated rings. The summed E-state index contributed by atoms with van der Waals surface area (Å²) in [5.41, 5.74) is 3.46. The Kier molecular flexibility index (Phi) is 8.37. The van der Waals surface area contributed by atoms with E-state index in [4.69, 9.17) is 0 Å². The quantitative estimate of drug-likeness (QED) is 0.275. The number of halogens is 2. The minimum atomic E-state index is -4.13. The van der Waals surface area contributed by atoms with Crippen molar-refractivity contribution in [3.05, 3.63) is 78.0 Å². The molecule has 2 heterocycles. The molecule has 0 aliphatic heterocycles. The van der Waals surface area contributed by atoms with E-state index < -0.39 is 18.0 Å². The van der Waals surface area contributed by atoms with Crippen molar-refractivity contribution in [3.8, 4) is 22.5 Å². The molecule has 0 aliphatic rings. The Morgan fingerprint density at radius 1 is 1.08 bits per heavy atom. The molecule has 38 heavy (non-hydrogen) atoms. The summed E-state index contributed by atoms with van der Waals surface area (Å²) in [5, 5.41) is 24.8. The number of carbonyl (C=O) groups excluding carboxylic acids is 1. The van der Waals surface area contributed by atoms with Gasteiger partial charge in [-0.05, 0) is 41.3 Å². The number of rotatable bonds is 11. The average molecular weight is 523 g/mol. The van der Waals surface area contributed by atoms with Crippen LogP contribution in [-0.2, 0) is 16.1 Å². The number of nitrogens with zero attached hydrogens (tertiary/aromatic N) is 5. The zero-order valence-corrected chi connectivity index (χ0v) is 21.0. The standard InChI is InChI=1S/C27H28F2N6O3/c1-3-16-35(25-22(10-7-15-30-25)23(36)27(28,29)26(37)38-4-2)17-18-11-13-19(14-12-18)20-8-5-6-9-21(20)24-31-33-34-32-24/h5-15,23,36H,3-4,16-17H2,1-2H3,(H,31,32,33,34). The van der Waals surface area contributed by atoms with Crippen molar-refractivity contribution in [2.45, 2.75) is 38.8 Å². The third-order valence-electron chi connectivity index (χ3n) is 5.95. The highest BCUT2D eigenvalue weighted by Gasteiger charge is 2.50. The topological polar surface area (TPSA) is 117 Å². The van der Waals surface area contributed by atoms with Crippen LogP contribution in [0.3, 0.4) is 0 Å². The van der Waals surface area contributed by atoms with Crippen LogP contribution in [0.1, 0.15) is 37.5 Å². The summed E-state index contributed by atoms with van der Waals surface area (Å²) >= 11 is 0. The van der Waals surface area contributed by atoms with Crippen LogP contribution in [-0.4, -0.2) is 55.8 Å². The highest BCUT2D eigenvalue weighted by Crippen LogP contribution is 2.37. The average Bonchev–Trinajstić information content (AvgIpc) is 3.48. The van der Waals surface area contributed by atoms with E-state index in [0.29, 0.717) is 25.3 Å². The van der Waals surface area contributed by atoms with Gasteiger partial charge in [0.25, 0.3) is 0 Å². The number of anilines is 1. The van der Waals surface area contributed by atoms with Gasteiger partial charge in [-0.2, -0.15) is 14.0 Å². The molecule has 1 atom stereocenters. The van der Waals surface area contributed by atoms with E-state index in [0.717, 1.165) is 22.3 Å². The van der Waals surface area contributed by atoms with Gasteiger partial charge in [0.1, 0.15) is 5.82 Å². The maximum Gasteiger partial charge on any atom is 0.380 e. The van der Waals surface area contributed by atoms with Gasteiger partial charge in [-0.3, -0.25) is 0 Å². The lowest BCUT2D eigenvalue weighted by Gasteiger charge is -2.29. The van der Waals surface area contributed by atoms with E-state index in [1.165, 1.54) is 25.3 Å². The first-order valence-electron chi connectivity index (χ1n) is 12.2. The number of hydrogen-bond acceptors (Lipinski definition) is 8. The second-order valence-electron chi connectivity index (χ2n) is 8.56. The van der Waals surface area contributed by atoms with E-state index in [-0.39, 0.29) is 18.0 Å². The molecule has 4 aromatic rings. The maximum absolute atomic E-state index is 14.7. The number of H-pyrrole nitrogens is 1. The SMILES string of the molecule is CCCN(Cc1ccc(-c2ccccc2-c2nn[nH]n2)cc1)c1ncccc1C(O)C(F)(F)C(=O)OCC. The molecular weight excluding hydrogens is 494 g/mol. The third kappa shape index (κ3) is 5.67. The van der Waals surface area contributed by atoms with Gasteiger partial charge >= 0.3 is 11.9 Å². The van der Waals surface area contributed by atoms with Crippen LogP contribution in [0.25, 0.3) is 22.5 Å². The largest absolute Gasteiger partial charge is 0.461 e. The molecule has 2 aromatic heterocycles. The number of nitrogens with one attached hydrogen (secondary N) is 1. The molecule has 0 amide bonds. The Balaban J connectivity index is 1.61. The van der Waals surface area contributed by atoms with E-state index in [9.17, 15) is 18.7 Å². The highest BCUT2D eigenvalue weighted by atomic mass is 19.3. The molecule has 2 aromatic carbocycles. The highest BCUT2D eigenvalue weighted by molar-refractivity contribution is 5.80. The number of aliphatic hydroxyl groups is 1. The number of aromatic nitrogens is 5. The second-order valence-corrected chi connectivity index (χ2v) is 8.56. The van der Waals surface area contributed by atoms with Crippen LogP contribution < -0.4 is 4.90 Å². The summed E-state index contributed by atoms with van der Waals surface area (Å²) < 4.78 is 33.9. The Morgan fingerprint density at radius 2 is 1.82 bits per heavy atom. The smallest absolute Gasteiger partial charge is 0.380 e. The van der Waals surface area contributed by atoms with Crippen molar-refractivity contribution < 1.29 is 23.4 Å². The summed E-state index contributed by atoms with van der Waals surface area (Å²) in [4.78, 5) is 18.0. The molecule has 0 saturated carbocycles. The van der Waals surface area contributed by atoms with Crippen LogP contribution in [0.5, 0.6) is 0 Å². The molecule has 4 rings (SSSR count). The van der Waals surface area contributed by atoms with Gasteiger partial charge in [-0.1, -0.05) is 61.5 Å². The number of alkyl halides is 2. The Labute approximate surface area is 218 Å². The normalized spacial score (nSPS) is 12.2. The number of ether oxygens (including phenoxy) is 1. The van der Waals surface area contributed by atoms with E-state index in [1.54, 1.807) is 0 Å². The van der Waals surface area contributed by atoms with Crippen LogP contribution in [0.2, 0.25) is 0 Å². The molecule has 0 radical (unpaired) electrons. The fourth-order valence-corrected chi connectivity index (χ4v) is 4.17. The molecule has 0 bridgehead atoms. The van der Waals surface area contributed by atoms with Crippen molar-refractivity contribution in [2.24, 2.45) is 0 Å². The van der Waals surface area contributed by atoms with Gasteiger partial charge in [0.2, 0.25) is 5.82 Å². The molecule has 0 aliphatic carbocycles. The van der Waals surface area contributed by atoms with Crippen LogP contribution in [0, 0.1) is 0 Å². The first-order chi connectivity index (χ1) is 18.4. The Morgan fingerprint density at radius 3 is 2.47 bits per heavy atom. The number of benzene rings is 2. The summed E-state index contributed by atoms with van der Waals surface area (Å²) in [6.45, 7) is 4.00. The van der Waals surface area contributed by atoms with Gasteiger partial charge < -0.3 is 14.7 Å². The summed E-state index contributed by atoms with van der Waals surface area (Å²) in [7, 11) is 0. The summed E-state index contributed by atoms with van der Waals surface area (Å²) in [6, 6.07) is 18.3. The number of aromatic amines is 1. The maximum atomic E-state index is 14.7. The molecule has 9 nitrogen and oxygen atoms in total. The molecule has 0 spiro atoms. The lowest BCUT2D eigenvalue weighted by Crippen LogP contribution is -2.38. The Bertz CT molecular complexity index is 1350. The van der Waals surface area contributed by atoms with E-state index in [2.05, 4.69) is 30.3 Å². The molecule has 1 unspecified atom stereocenters. The van der Waals surface area contributed by atoms with Crippen molar-refractivity contribution >= 4 is 11.8 Å². The molecule has 0 saturated heterocycles. The van der Waals surface area contributed by atoms with Crippen LogP contribution >= 0.6 is 0 Å². The molecule has 198 valence electrons. The summed E-state index contributed by atoms with van der Waals surface area (Å²) in [6.07, 6.45) is -0.237. The van der Waals surface area contributed by atoms with Gasteiger partial charge in [0, 0.05) is 30.4 Å². The summed E-state index contributed by atoms with van der Waals surface area (Å²) in [5.74, 6) is -5.24. The first kappa shape index (κ1) is 26.8. The monoisotopic (exact) mass is 522 g/mol. The number of carbonyl (C=O) groups is 1. The van der Waals surface area contributed by atoms with Crippen molar-refractivity contribution in [3.63, 3.8) is 0 Å². The lowest BCUT2D eigenvalue weighted by atomic mass is 9.98. The molecule has 11 heteroatoms. The number of aliphatic hydroxyl groups excluding tert-OH is 1. The predicted octanol–water partition coefficient (Wildman–Crippen LogP) is 4.58. The minimum absolute atomic E-state index is 0.148. The number of esters is 1. The first-order valence-corrected chi connectivity index (χ1v) is 12.2. The predicted molar refractivity (Wildman–Crippen MR) is 137 cm³/mol. The lowest BCUT2D eigenvalue weighted by molar-refractivity contribution is -0.189. The second kappa shape index (κ2) is 11.9. The van der Waals surface area contributed by atoms with E-state index in [1.807, 2.05) is 60.4 Å². The number of pyridine rings is 1. The Hall–Kier alpha value is -4.25. The van der Waals surface area contributed by atoms with E-state index >= 15 is 0 Å². The zero-order valence-electron chi connectivity index (χ0n) is 21.0. The van der Waals surface area contributed by atoms with Crippen LogP contribution in [0.15, 0.2) is 66.9 Å². The van der Waals surface area contributed by atoms with Crippen molar-refractivity contribution in [1.82, 2.24) is 25.6 Å². The van der Waals surface area contributed by atoms with Crippen molar-refractivity contribution in [2.75, 3.05) is 18.1 Å². The van der Waals surface area contributed by atoms with Gasteiger partial charge in [0.15, 0.2) is 6.10 Å². The number of hydrogen-bond donors (Lipinski definition) is 2. The molecular formula is C27H28F2N6O3. The third-order valence-corrected chi connectivity index (χ3v) is 5.95. The fraction of sp³-hybridized carbons (Fsp3) is 0.296.